The van der Waals surface area contributed by atoms with Crippen molar-refractivity contribution < 1.29 is 28.2 Å². The molecule has 3 atom stereocenters. The van der Waals surface area contributed by atoms with Crippen molar-refractivity contribution in [2.24, 2.45) is 0 Å². The minimum atomic E-state index is -2.14. The Labute approximate surface area is 171 Å². The van der Waals surface area contributed by atoms with Gasteiger partial charge in [0.05, 0.1) is 12.9 Å². The number of hydrogen-bond acceptors (Lipinski definition) is 6. The van der Waals surface area contributed by atoms with Crippen LogP contribution < -0.4 is 0 Å². The first kappa shape index (κ1) is 24.7. The average Bonchev–Trinajstić information content (AvgIpc) is 2.49. The molecular formula is C21H38O6Si. The van der Waals surface area contributed by atoms with Gasteiger partial charge in [0.1, 0.15) is 0 Å². The van der Waals surface area contributed by atoms with E-state index in [1.807, 2.05) is 0 Å². The third kappa shape index (κ3) is 4.62. The maximum Gasteiger partial charge on any atom is 0.303 e. The zero-order valence-electron chi connectivity index (χ0n) is 19.1. The standard InChI is InChI=1S/C21H38O6Si/c1-14(2)28(15(3)4,16(5)6)25-13-19-21(10,27-18(8)23)20(9,11-12-24-19)26-17(7)22/h11-12,14-16,19H,13H2,1-10H3/t19?,20-,21-/m1/s1. The Morgan fingerprint density at radius 2 is 1.43 bits per heavy atom. The van der Waals surface area contributed by atoms with E-state index in [-0.39, 0.29) is 6.61 Å². The molecule has 0 amide bonds. The van der Waals surface area contributed by atoms with Crippen LogP contribution in [0.4, 0.5) is 0 Å². The number of carbonyl (C=O) groups is 2. The zero-order chi connectivity index (χ0) is 21.9. The van der Waals surface area contributed by atoms with Crippen LogP contribution in [0.25, 0.3) is 0 Å². The van der Waals surface area contributed by atoms with Gasteiger partial charge >= 0.3 is 11.9 Å². The van der Waals surface area contributed by atoms with Crippen LogP contribution in [-0.4, -0.2) is 44.2 Å². The van der Waals surface area contributed by atoms with Gasteiger partial charge in [-0.3, -0.25) is 9.59 Å². The second kappa shape index (κ2) is 8.99. The van der Waals surface area contributed by atoms with Gasteiger partial charge in [-0.2, -0.15) is 0 Å². The van der Waals surface area contributed by atoms with Crippen molar-refractivity contribution >= 4 is 20.3 Å². The van der Waals surface area contributed by atoms with Crippen LogP contribution >= 0.6 is 0 Å². The molecule has 7 heteroatoms. The van der Waals surface area contributed by atoms with E-state index in [0.29, 0.717) is 16.6 Å². The molecule has 0 saturated heterocycles. The summed E-state index contributed by atoms with van der Waals surface area (Å²) >= 11 is 0. The van der Waals surface area contributed by atoms with Crippen LogP contribution in [0.5, 0.6) is 0 Å². The molecule has 0 saturated carbocycles. The second-order valence-corrected chi connectivity index (χ2v) is 14.4. The van der Waals surface area contributed by atoms with Gasteiger partial charge in [0.15, 0.2) is 17.3 Å². The SMILES string of the molecule is CC(=O)O[C@]1(C)C=COC(CO[Si](C(C)C)(C(C)C)C(C)C)[C@@]1(C)OC(C)=O. The summed E-state index contributed by atoms with van der Waals surface area (Å²) in [6.07, 6.45) is 2.52. The summed E-state index contributed by atoms with van der Waals surface area (Å²) in [4.78, 5) is 23.6. The second-order valence-electron chi connectivity index (χ2n) is 8.96. The Kier molecular flexibility index (Phi) is 7.93. The van der Waals surface area contributed by atoms with E-state index in [4.69, 9.17) is 18.6 Å². The molecule has 28 heavy (non-hydrogen) atoms. The topological polar surface area (TPSA) is 71.1 Å². The van der Waals surface area contributed by atoms with E-state index < -0.39 is 37.6 Å². The van der Waals surface area contributed by atoms with Crippen LogP contribution in [0.2, 0.25) is 16.6 Å². The molecule has 0 bridgehead atoms. The Morgan fingerprint density at radius 3 is 1.82 bits per heavy atom. The molecule has 0 aromatic carbocycles. The summed E-state index contributed by atoms with van der Waals surface area (Å²) in [5.41, 5.74) is -1.15. The zero-order valence-corrected chi connectivity index (χ0v) is 20.1. The molecule has 0 spiro atoms. The van der Waals surface area contributed by atoms with Gasteiger partial charge in [-0.1, -0.05) is 41.5 Å². The van der Waals surface area contributed by atoms with E-state index in [1.165, 1.54) is 20.1 Å². The van der Waals surface area contributed by atoms with Crippen LogP contribution in [0, 0.1) is 0 Å². The quantitative estimate of drug-likeness (QED) is 0.422. The molecule has 6 nitrogen and oxygen atoms in total. The van der Waals surface area contributed by atoms with Gasteiger partial charge in [-0.05, 0) is 36.5 Å². The minimum absolute atomic E-state index is 0.256. The normalized spacial score (nSPS) is 27.8. The molecule has 0 fully saturated rings. The van der Waals surface area contributed by atoms with Gasteiger partial charge in [0.2, 0.25) is 8.32 Å². The van der Waals surface area contributed by atoms with Crippen molar-refractivity contribution in [1.29, 1.82) is 0 Å². The fraction of sp³-hybridized carbons (Fsp3) is 0.810. The van der Waals surface area contributed by atoms with E-state index in [2.05, 4.69) is 41.5 Å². The highest BCUT2D eigenvalue weighted by Gasteiger charge is 2.58. The summed E-state index contributed by atoms with van der Waals surface area (Å²) in [6, 6.07) is 0. The number of hydrogen-bond donors (Lipinski definition) is 0. The summed E-state index contributed by atoms with van der Waals surface area (Å²) < 4.78 is 23.8. The first-order valence-electron chi connectivity index (χ1n) is 10.1. The van der Waals surface area contributed by atoms with E-state index in [1.54, 1.807) is 19.9 Å². The van der Waals surface area contributed by atoms with Crippen LogP contribution in [0.15, 0.2) is 12.3 Å². The molecule has 0 radical (unpaired) electrons. The Balaban J connectivity index is 3.28. The smallest absolute Gasteiger partial charge is 0.303 e. The lowest BCUT2D eigenvalue weighted by molar-refractivity contribution is -0.226. The van der Waals surface area contributed by atoms with Gasteiger partial charge in [-0.15, -0.1) is 0 Å². The highest BCUT2D eigenvalue weighted by atomic mass is 28.4. The van der Waals surface area contributed by atoms with Gasteiger partial charge in [0.25, 0.3) is 0 Å². The number of ether oxygens (including phenoxy) is 3. The van der Waals surface area contributed by atoms with Crippen molar-refractivity contribution in [2.45, 2.75) is 103 Å². The molecule has 1 aliphatic heterocycles. The maximum atomic E-state index is 11.9. The van der Waals surface area contributed by atoms with Crippen molar-refractivity contribution in [3.8, 4) is 0 Å². The third-order valence-electron chi connectivity index (χ3n) is 6.13. The first-order chi connectivity index (χ1) is 12.7. The fourth-order valence-electron chi connectivity index (χ4n) is 4.70. The Morgan fingerprint density at radius 1 is 0.964 bits per heavy atom. The predicted molar refractivity (Wildman–Crippen MR) is 111 cm³/mol. The Hall–Kier alpha value is -1.34. The summed E-state index contributed by atoms with van der Waals surface area (Å²) in [7, 11) is -2.14. The molecule has 0 aromatic rings. The van der Waals surface area contributed by atoms with Gasteiger partial charge in [-0.25, -0.2) is 0 Å². The lowest BCUT2D eigenvalue weighted by Crippen LogP contribution is -2.65. The van der Waals surface area contributed by atoms with Crippen LogP contribution in [0.1, 0.15) is 69.2 Å². The van der Waals surface area contributed by atoms with Gasteiger partial charge < -0.3 is 18.6 Å². The molecule has 0 aromatic heterocycles. The predicted octanol–water partition coefficient (Wildman–Crippen LogP) is 4.73. The number of esters is 2. The molecular weight excluding hydrogens is 376 g/mol. The van der Waals surface area contributed by atoms with E-state index in [0.717, 1.165) is 0 Å². The largest absolute Gasteiger partial charge is 0.491 e. The van der Waals surface area contributed by atoms with Crippen LogP contribution in [0.3, 0.4) is 0 Å². The molecule has 162 valence electrons. The molecule has 1 unspecified atom stereocenters. The highest BCUT2D eigenvalue weighted by molar-refractivity contribution is 6.77. The fourth-order valence-corrected chi connectivity index (χ4v) is 10.1. The van der Waals surface area contributed by atoms with Gasteiger partial charge in [0, 0.05) is 13.8 Å². The third-order valence-corrected chi connectivity index (χ3v) is 12.2. The summed E-state index contributed by atoms with van der Waals surface area (Å²) in [5, 5.41) is 0. The number of carbonyl (C=O) groups excluding carboxylic acids is 2. The molecule has 0 N–H and O–H groups in total. The van der Waals surface area contributed by atoms with Crippen molar-refractivity contribution in [3.63, 3.8) is 0 Å². The summed E-state index contributed by atoms with van der Waals surface area (Å²) in [6.45, 7) is 19.7. The minimum Gasteiger partial charge on any atom is -0.491 e. The molecule has 1 rings (SSSR count). The van der Waals surface area contributed by atoms with Crippen molar-refractivity contribution in [1.82, 2.24) is 0 Å². The summed E-state index contributed by atoms with van der Waals surface area (Å²) in [5.74, 6) is -0.924. The molecule has 0 aliphatic carbocycles. The Bertz CT molecular complexity index is 578. The van der Waals surface area contributed by atoms with Crippen molar-refractivity contribution in [2.75, 3.05) is 6.61 Å². The lowest BCUT2D eigenvalue weighted by atomic mass is 9.79. The van der Waals surface area contributed by atoms with Crippen LogP contribution in [-0.2, 0) is 28.2 Å². The monoisotopic (exact) mass is 414 g/mol. The van der Waals surface area contributed by atoms with E-state index >= 15 is 0 Å². The maximum absolute atomic E-state index is 11.9. The van der Waals surface area contributed by atoms with E-state index in [9.17, 15) is 9.59 Å². The first-order valence-corrected chi connectivity index (χ1v) is 12.2. The van der Waals surface area contributed by atoms with Crippen molar-refractivity contribution in [3.05, 3.63) is 12.3 Å². The number of rotatable bonds is 8. The molecule has 1 heterocycles. The lowest BCUT2D eigenvalue weighted by Gasteiger charge is -2.50. The highest BCUT2D eigenvalue weighted by Crippen LogP contribution is 2.44. The molecule has 1 aliphatic rings. The average molecular weight is 415 g/mol.